The minimum Gasteiger partial charge on any atom is -0.493 e. The number of ether oxygens (including phenoxy) is 5. The Hall–Kier alpha value is -4.64. The van der Waals surface area contributed by atoms with Crippen molar-refractivity contribution >= 4 is 5.97 Å². The summed E-state index contributed by atoms with van der Waals surface area (Å²) in [5.74, 6) is 1.34. The van der Waals surface area contributed by atoms with E-state index in [0.29, 0.717) is 35.2 Å². The number of nitrogens with two attached hydrogens (primary N) is 1. The number of carbonyl (C=O) groups excluding carboxylic acids is 1. The van der Waals surface area contributed by atoms with Gasteiger partial charge in [0, 0.05) is 11.6 Å². The van der Waals surface area contributed by atoms with Crippen molar-refractivity contribution in [3.05, 3.63) is 89.3 Å². The van der Waals surface area contributed by atoms with Crippen LogP contribution < -0.4 is 29.4 Å². The van der Waals surface area contributed by atoms with Crippen molar-refractivity contribution in [1.82, 2.24) is 0 Å². The summed E-state index contributed by atoms with van der Waals surface area (Å²) in [5, 5.41) is 9.89. The van der Waals surface area contributed by atoms with Crippen LogP contribution in [-0.2, 0) is 4.79 Å². The topological polar surface area (TPSA) is 113 Å². The lowest BCUT2D eigenvalue weighted by molar-refractivity contribution is -0.136. The van der Waals surface area contributed by atoms with Crippen molar-refractivity contribution in [2.75, 3.05) is 20.3 Å². The maximum Gasteiger partial charge on any atom is 0.349 e. The summed E-state index contributed by atoms with van der Waals surface area (Å²) in [6, 6.07) is 21.7. The van der Waals surface area contributed by atoms with Crippen molar-refractivity contribution < 1.29 is 28.5 Å². The van der Waals surface area contributed by atoms with Crippen LogP contribution in [-0.4, -0.2) is 26.3 Å². The summed E-state index contributed by atoms with van der Waals surface area (Å²) in [4.78, 5) is 12.3. The van der Waals surface area contributed by atoms with Crippen LogP contribution in [0.15, 0.2) is 78.2 Å². The zero-order valence-corrected chi connectivity index (χ0v) is 21.4. The van der Waals surface area contributed by atoms with Gasteiger partial charge in [0.25, 0.3) is 0 Å². The Morgan fingerprint density at radius 1 is 1.00 bits per heavy atom. The second-order valence-corrected chi connectivity index (χ2v) is 8.67. The summed E-state index contributed by atoms with van der Waals surface area (Å²) in [6.07, 6.45) is 3.15. The largest absolute Gasteiger partial charge is 0.493 e. The van der Waals surface area contributed by atoms with Gasteiger partial charge in [-0.25, -0.2) is 4.79 Å². The molecule has 3 aromatic rings. The highest BCUT2D eigenvalue weighted by Crippen LogP contribution is 2.45. The highest BCUT2D eigenvalue weighted by atomic mass is 16.6. The number of methoxy groups -OCH3 is 1. The molecule has 0 fully saturated rings. The van der Waals surface area contributed by atoms with E-state index in [2.05, 4.69) is 13.0 Å². The van der Waals surface area contributed by atoms with Crippen LogP contribution >= 0.6 is 0 Å². The van der Waals surface area contributed by atoms with E-state index >= 15 is 0 Å². The van der Waals surface area contributed by atoms with Crippen molar-refractivity contribution in [3.63, 3.8) is 0 Å². The van der Waals surface area contributed by atoms with Crippen LogP contribution in [0, 0.1) is 11.3 Å². The highest BCUT2D eigenvalue weighted by Gasteiger charge is 2.31. The van der Waals surface area contributed by atoms with E-state index in [1.54, 1.807) is 37.4 Å². The van der Waals surface area contributed by atoms with Crippen LogP contribution in [0.5, 0.6) is 28.7 Å². The van der Waals surface area contributed by atoms with Gasteiger partial charge in [-0.15, -0.1) is 0 Å². The maximum atomic E-state index is 12.3. The van der Waals surface area contributed by atoms with Gasteiger partial charge in [0.1, 0.15) is 28.9 Å². The van der Waals surface area contributed by atoms with Crippen molar-refractivity contribution in [2.45, 2.75) is 32.1 Å². The molecule has 196 valence electrons. The Morgan fingerprint density at radius 2 is 1.82 bits per heavy atom. The van der Waals surface area contributed by atoms with E-state index in [-0.39, 0.29) is 23.8 Å². The second kappa shape index (κ2) is 12.5. The van der Waals surface area contributed by atoms with Gasteiger partial charge in [-0.1, -0.05) is 50.1 Å². The van der Waals surface area contributed by atoms with E-state index < -0.39 is 11.9 Å². The third kappa shape index (κ3) is 6.19. The van der Waals surface area contributed by atoms with Gasteiger partial charge in [0.05, 0.1) is 19.6 Å². The summed E-state index contributed by atoms with van der Waals surface area (Å²) in [7, 11) is 1.58. The smallest absolute Gasteiger partial charge is 0.349 e. The number of nitriles is 1. The molecule has 4 rings (SSSR count). The molecule has 1 atom stereocenters. The summed E-state index contributed by atoms with van der Waals surface area (Å²) < 4.78 is 28.1. The van der Waals surface area contributed by atoms with Gasteiger partial charge < -0.3 is 29.4 Å². The fourth-order valence-electron chi connectivity index (χ4n) is 4.18. The molecule has 0 saturated heterocycles. The quantitative estimate of drug-likeness (QED) is 0.204. The molecule has 38 heavy (non-hydrogen) atoms. The second-order valence-electron chi connectivity index (χ2n) is 8.67. The molecule has 1 unspecified atom stereocenters. The van der Waals surface area contributed by atoms with E-state index in [9.17, 15) is 10.1 Å². The van der Waals surface area contributed by atoms with E-state index in [4.69, 9.17) is 29.4 Å². The van der Waals surface area contributed by atoms with Crippen molar-refractivity contribution in [3.8, 4) is 34.8 Å². The number of benzene rings is 3. The number of rotatable bonds is 11. The maximum absolute atomic E-state index is 12.3. The molecule has 0 aliphatic carbocycles. The standard InChI is InChI=1S/C30H30N2O6/c1-3-4-8-15-35-25-14-11-20(16-27(25)34-2)29-23-13-12-22(17-26(23)38-30(32)24(29)18-31)37-28(33)19-36-21-9-6-5-7-10-21/h5-7,9-14,16-17,29H,3-4,8,15,19,32H2,1-2H3. The Bertz CT molecular complexity index is 1350. The zero-order valence-electron chi connectivity index (χ0n) is 21.4. The molecule has 1 aliphatic rings. The van der Waals surface area contributed by atoms with Crippen LogP contribution in [0.2, 0.25) is 0 Å². The Kier molecular flexibility index (Phi) is 8.73. The molecule has 0 radical (unpaired) electrons. The van der Waals surface area contributed by atoms with Gasteiger partial charge in [-0.05, 0) is 42.3 Å². The summed E-state index contributed by atoms with van der Waals surface area (Å²) in [6.45, 7) is 2.48. The van der Waals surface area contributed by atoms with Crippen molar-refractivity contribution in [1.29, 1.82) is 5.26 Å². The third-order valence-electron chi connectivity index (χ3n) is 6.05. The number of hydrogen-bond acceptors (Lipinski definition) is 8. The number of unbranched alkanes of at least 4 members (excludes halogenated alkanes) is 2. The molecular formula is C30H30N2O6. The monoisotopic (exact) mass is 514 g/mol. The SMILES string of the molecule is CCCCCOc1ccc(C2C(C#N)=C(N)Oc3cc(OC(=O)COc4ccccc4)ccc32)cc1OC. The minimum absolute atomic E-state index is 0.0141. The van der Waals surface area contributed by atoms with Crippen molar-refractivity contribution in [2.24, 2.45) is 5.73 Å². The highest BCUT2D eigenvalue weighted by molar-refractivity contribution is 5.74. The summed E-state index contributed by atoms with van der Waals surface area (Å²) >= 11 is 0. The van der Waals surface area contributed by atoms with Crippen LogP contribution in [0.1, 0.15) is 43.2 Å². The van der Waals surface area contributed by atoms with Crippen LogP contribution in [0.4, 0.5) is 0 Å². The van der Waals surface area contributed by atoms with Gasteiger partial charge in [-0.2, -0.15) is 5.26 Å². The molecule has 3 aromatic carbocycles. The first-order valence-corrected chi connectivity index (χ1v) is 12.4. The fourth-order valence-corrected chi connectivity index (χ4v) is 4.18. The molecule has 0 bridgehead atoms. The van der Waals surface area contributed by atoms with Gasteiger partial charge in [0.2, 0.25) is 5.88 Å². The molecule has 0 saturated carbocycles. The molecule has 0 aromatic heterocycles. The zero-order chi connectivity index (χ0) is 26.9. The number of nitrogens with zero attached hydrogens (tertiary/aromatic N) is 1. The average molecular weight is 515 g/mol. The lowest BCUT2D eigenvalue weighted by Crippen LogP contribution is -2.22. The number of para-hydroxylation sites is 1. The Labute approximate surface area is 222 Å². The minimum atomic E-state index is -0.568. The van der Waals surface area contributed by atoms with E-state index in [0.717, 1.165) is 24.8 Å². The molecule has 0 amide bonds. The van der Waals surface area contributed by atoms with Gasteiger partial charge >= 0.3 is 5.97 Å². The number of carbonyl (C=O) groups is 1. The summed E-state index contributed by atoms with van der Waals surface area (Å²) in [5.41, 5.74) is 7.91. The Morgan fingerprint density at radius 3 is 2.55 bits per heavy atom. The molecule has 8 heteroatoms. The predicted molar refractivity (Wildman–Crippen MR) is 141 cm³/mol. The number of allylic oxidation sites excluding steroid dienone is 1. The molecular weight excluding hydrogens is 484 g/mol. The average Bonchev–Trinajstić information content (AvgIpc) is 2.94. The molecule has 8 nitrogen and oxygen atoms in total. The van der Waals surface area contributed by atoms with Crippen LogP contribution in [0.3, 0.4) is 0 Å². The molecule has 0 spiro atoms. The first kappa shape index (κ1) is 26.4. The number of hydrogen-bond donors (Lipinski definition) is 1. The lowest BCUT2D eigenvalue weighted by Gasteiger charge is -2.27. The lowest BCUT2D eigenvalue weighted by atomic mass is 9.83. The first-order chi connectivity index (χ1) is 18.5. The fraction of sp³-hybridized carbons (Fsp3) is 0.267. The van der Waals surface area contributed by atoms with Gasteiger partial charge in [0.15, 0.2) is 18.1 Å². The number of esters is 1. The predicted octanol–water partition coefficient (Wildman–Crippen LogP) is 5.47. The third-order valence-corrected chi connectivity index (χ3v) is 6.05. The molecule has 2 N–H and O–H groups in total. The van der Waals surface area contributed by atoms with Crippen LogP contribution in [0.25, 0.3) is 0 Å². The van der Waals surface area contributed by atoms with E-state index in [1.165, 1.54) is 0 Å². The normalized spacial score (nSPS) is 14.1. The first-order valence-electron chi connectivity index (χ1n) is 12.4. The van der Waals surface area contributed by atoms with E-state index in [1.807, 2.05) is 36.4 Å². The molecule has 1 aliphatic heterocycles. The Balaban J connectivity index is 1.55. The van der Waals surface area contributed by atoms with Gasteiger partial charge in [-0.3, -0.25) is 0 Å². The molecule has 1 heterocycles. The number of fused-ring (bicyclic) bond motifs is 1.